The summed E-state index contributed by atoms with van der Waals surface area (Å²) in [7, 11) is 0. The molecule has 2 amide bonds. The number of allylic oxidation sites excluding steroid dienone is 2. The monoisotopic (exact) mass is 406 g/mol. The largest absolute Gasteiger partial charge is 0.274 e. The van der Waals surface area contributed by atoms with Crippen LogP contribution in [0.3, 0.4) is 0 Å². The molecule has 0 unspecified atom stereocenters. The second-order valence-corrected chi connectivity index (χ2v) is 10.2. The normalized spacial score (nSPS) is 27.9. The minimum Gasteiger partial charge on any atom is -0.274 e. The summed E-state index contributed by atoms with van der Waals surface area (Å²) in [5.74, 6) is 0.0620. The molecule has 1 aromatic heterocycles. The first kappa shape index (κ1) is 18.7. The van der Waals surface area contributed by atoms with E-state index in [4.69, 9.17) is 4.98 Å². The van der Waals surface area contributed by atoms with Gasteiger partial charge in [0.2, 0.25) is 11.8 Å². The van der Waals surface area contributed by atoms with Crippen LogP contribution in [-0.2, 0) is 9.59 Å². The van der Waals surface area contributed by atoms with Crippen molar-refractivity contribution >= 4 is 28.3 Å². The number of rotatable bonds is 2. The number of nitrogens with zero attached hydrogens (tertiary/aromatic N) is 2. The van der Waals surface area contributed by atoms with Gasteiger partial charge in [0, 0.05) is 10.4 Å². The summed E-state index contributed by atoms with van der Waals surface area (Å²) < 4.78 is 0. The van der Waals surface area contributed by atoms with Gasteiger partial charge in [0.05, 0.1) is 17.5 Å². The second-order valence-electron chi connectivity index (χ2n) is 9.01. The van der Waals surface area contributed by atoms with Crippen molar-refractivity contribution in [3.8, 4) is 11.3 Å². The summed E-state index contributed by atoms with van der Waals surface area (Å²) in [6.07, 6.45) is 2.06. The molecule has 1 saturated heterocycles. The first-order chi connectivity index (χ1) is 13.8. The van der Waals surface area contributed by atoms with Gasteiger partial charge in [-0.05, 0) is 76.5 Å². The van der Waals surface area contributed by atoms with E-state index in [1.807, 2.05) is 6.92 Å². The molecule has 2 aromatic rings. The smallest absolute Gasteiger partial charge is 0.240 e. The number of aryl methyl sites for hydroxylation is 3. The number of thiazole rings is 1. The fourth-order valence-electron chi connectivity index (χ4n) is 5.81. The number of carbonyl (C=O) groups excluding carboxylic acids is 2. The predicted octanol–water partition coefficient (Wildman–Crippen LogP) is 5.22. The van der Waals surface area contributed by atoms with Crippen LogP contribution in [0.2, 0.25) is 0 Å². The number of hydrogen-bond acceptors (Lipinski definition) is 4. The average molecular weight is 407 g/mol. The topological polar surface area (TPSA) is 50.3 Å². The molecule has 0 radical (unpaired) electrons. The van der Waals surface area contributed by atoms with Gasteiger partial charge in [-0.1, -0.05) is 23.3 Å². The molecule has 2 heterocycles. The summed E-state index contributed by atoms with van der Waals surface area (Å²) in [5, 5.41) is 0.540. The molecule has 2 aliphatic carbocycles. The summed E-state index contributed by atoms with van der Waals surface area (Å²) in [5.41, 5.74) is 7.04. The van der Waals surface area contributed by atoms with Crippen LogP contribution < -0.4 is 4.90 Å². The van der Waals surface area contributed by atoms with E-state index in [0.717, 1.165) is 29.0 Å². The first-order valence-electron chi connectivity index (χ1n) is 10.4. The predicted molar refractivity (Wildman–Crippen MR) is 116 cm³/mol. The van der Waals surface area contributed by atoms with Gasteiger partial charge in [0.15, 0.2) is 5.13 Å². The molecule has 5 heteroatoms. The Labute approximate surface area is 175 Å². The Morgan fingerprint density at radius 2 is 1.62 bits per heavy atom. The number of aromatic nitrogens is 1. The van der Waals surface area contributed by atoms with Crippen molar-refractivity contribution in [1.29, 1.82) is 0 Å². The number of carbonyl (C=O) groups is 2. The van der Waals surface area contributed by atoms with Crippen molar-refractivity contribution in [2.45, 2.75) is 47.5 Å². The van der Waals surface area contributed by atoms with Gasteiger partial charge < -0.3 is 0 Å². The number of hydrogen-bond donors (Lipinski definition) is 0. The van der Waals surface area contributed by atoms with Gasteiger partial charge in [0.1, 0.15) is 0 Å². The highest BCUT2D eigenvalue weighted by atomic mass is 32.1. The van der Waals surface area contributed by atoms with Gasteiger partial charge in [0.25, 0.3) is 0 Å². The minimum atomic E-state index is -0.180. The molecule has 1 aliphatic heterocycles. The average Bonchev–Trinajstić information content (AvgIpc) is 3.39. The Bertz CT molecular complexity index is 1060. The van der Waals surface area contributed by atoms with Gasteiger partial charge in [-0.25, -0.2) is 9.88 Å². The Morgan fingerprint density at radius 1 is 1.00 bits per heavy atom. The molecule has 5 rings (SSSR count). The highest BCUT2D eigenvalue weighted by molar-refractivity contribution is 7.16. The zero-order chi connectivity index (χ0) is 20.6. The van der Waals surface area contributed by atoms with Crippen molar-refractivity contribution in [2.75, 3.05) is 4.90 Å². The lowest BCUT2D eigenvalue weighted by Crippen LogP contribution is -2.33. The van der Waals surface area contributed by atoms with E-state index in [2.05, 4.69) is 45.9 Å². The number of anilines is 1. The molecule has 1 aromatic carbocycles. The third-order valence-electron chi connectivity index (χ3n) is 7.19. The molecule has 150 valence electrons. The van der Waals surface area contributed by atoms with Gasteiger partial charge in [-0.3, -0.25) is 9.59 Å². The Hall–Kier alpha value is -2.27. The van der Waals surface area contributed by atoms with Crippen LogP contribution in [-0.4, -0.2) is 16.8 Å². The standard InChI is InChI=1S/C24H26N2O2S/c1-11(2)18-16-8-9-17(18)20-19(16)22(27)26(23(20)28)24-25-21(14(5)29-24)15-7-6-12(3)13(4)10-15/h6-7,10,16-17,19-20H,8-9H2,1-5H3/t16-,17-,19-,20+/m1/s1. The number of fused-ring (bicyclic) bond motifs is 5. The zero-order valence-electron chi connectivity index (χ0n) is 17.6. The molecule has 29 heavy (non-hydrogen) atoms. The van der Waals surface area contributed by atoms with Crippen molar-refractivity contribution in [1.82, 2.24) is 4.98 Å². The Balaban J connectivity index is 1.52. The molecule has 3 fully saturated rings. The van der Waals surface area contributed by atoms with Crippen molar-refractivity contribution < 1.29 is 9.59 Å². The highest BCUT2D eigenvalue weighted by Gasteiger charge is 2.64. The van der Waals surface area contributed by atoms with Crippen molar-refractivity contribution in [3.63, 3.8) is 0 Å². The van der Waals surface area contributed by atoms with E-state index in [1.165, 1.54) is 38.5 Å². The van der Waals surface area contributed by atoms with E-state index < -0.39 is 0 Å². The fourth-order valence-corrected chi connectivity index (χ4v) is 6.76. The zero-order valence-corrected chi connectivity index (χ0v) is 18.4. The molecule has 4 atom stereocenters. The van der Waals surface area contributed by atoms with Crippen LogP contribution >= 0.6 is 11.3 Å². The van der Waals surface area contributed by atoms with E-state index in [0.29, 0.717) is 5.13 Å². The maximum atomic E-state index is 13.4. The highest BCUT2D eigenvalue weighted by Crippen LogP contribution is 2.60. The van der Waals surface area contributed by atoms with Crippen LogP contribution in [0.4, 0.5) is 5.13 Å². The minimum absolute atomic E-state index is 0.0358. The lowest BCUT2D eigenvalue weighted by Gasteiger charge is -2.18. The first-order valence-corrected chi connectivity index (χ1v) is 11.2. The summed E-state index contributed by atoms with van der Waals surface area (Å²) in [6.45, 7) is 10.4. The van der Waals surface area contributed by atoms with Crippen LogP contribution in [0.1, 0.15) is 42.7 Å². The van der Waals surface area contributed by atoms with Crippen molar-refractivity contribution in [3.05, 3.63) is 45.3 Å². The van der Waals surface area contributed by atoms with E-state index in [-0.39, 0.29) is 35.5 Å². The van der Waals surface area contributed by atoms with E-state index >= 15 is 0 Å². The summed E-state index contributed by atoms with van der Waals surface area (Å²) in [6, 6.07) is 6.29. The molecule has 4 nitrogen and oxygen atoms in total. The van der Waals surface area contributed by atoms with Crippen LogP contribution in [0.5, 0.6) is 0 Å². The molecule has 0 N–H and O–H groups in total. The lowest BCUT2D eigenvalue weighted by atomic mass is 9.81. The Kier molecular flexibility index (Phi) is 4.11. The maximum absolute atomic E-state index is 13.4. The van der Waals surface area contributed by atoms with E-state index in [9.17, 15) is 9.59 Å². The maximum Gasteiger partial charge on any atom is 0.240 e. The van der Waals surface area contributed by atoms with E-state index in [1.54, 1.807) is 0 Å². The third kappa shape index (κ3) is 2.53. The second kappa shape index (κ2) is 6.36. The van der Waals surface area contributed by atoms with Gasteiger partial charge in [-0.2, -0.15) is 0 Å². The SMILES string of the molecule is CC(C)=C1[C@H]2CC[C@H]1[C@H]1C(=O)N(c3nc(-c4ccc(C)c(C)c4)c(C)s3)C(=O)[C@H]12. The summed E-state index contributed by atoms with van der Waals surface area (Å²) in [4.78, 5) is 33.9. The molecule has 3 aliphatic rings. The molecule has 2 bridgehead atoms. The van der Waals surface area contributed by atoms with Gasteiger partial charge in [-0.15, -0.1) is 11.3 Å². The lowest BCUT2D eigenvalue weighted by molar-refractivity contribution is -0.123. The number of amides is 2. The van der Waals surface area contributed by atoms with Crippen molar-refractivity contribution in [2.24, 2.45) is 23.7 Å². The number of benzene rings is 1. The molecule has 0 spiro atoms. The number of imide groups is 1. The van der Waals surface area contributed by atoms with Gasteiger partial charge >= 0.3 is 0 Å². The summed E-state index contributed by atoms with van der Waals surface area (Å²) >= 11 is 1.45. The fraction of sp³-hybridized carbons (Fsp3) is 0.458. The molecular formula is C24H26N2O2S. The van der Waals surface area contributed by atoms with Crippen LogP contribution in [0.15, 0.2) is 29.3 Å². The van der Waals surface area contributed by atoms with Crippen LogP contribution in [0.25, 0.3) is 11.3 Å². The van der Waals surface area contributed by atoms with Crippen LogP contribution in [0, 0.1) is 44.4 Å². The quantitative estimate of drug-likeness (QED) is 0.508. The Morgan fingerprint density at radius 3 is 2.17 bits per heavy atom. The molecular weight excluding hydrogens is 380 g/mol. The molecule has 2 saturated carbocycles. The third-order valence-corrected chi connectivity index (χ3v) is 8.14.